The third-order valence-corrected chi connectivity index (χ3v) is 10.3. The van der Waals surface area contributed by atoms with Gasteiger partial charge in [0.2, 0.25) is 14.8 Å². The van der Waals surface area contributed by atoms with Gasteiger partial charge in [-0.2, -0.15) is 0 Å². The van der Waals surface area contributed by atoms with Crippen LogP contribution in [0.5, 0.6) is 0 Å². The number of sulfone groups is 1. The Morgan fingerprint density at radius 1 is 1.24 bits per heavy atom. The summed E-state index contributed by atoms with van der Waals surface area (Å²) in [6, 6.07) is 5.38. The van der Waals surface area contributed by atoms with E-state index < -0.39 is 30.9 Å². The molecular weight excluding hydrogens is 472 g/mol. The molecule has 0 aliphatic carbocycles. The van der Waals surface area contributed by atoms with Crippen molar-refractivity contribution in [2.45, 2.75) is 61.7 Å². The second-order valence-electron chi connectivity index (χ2n) is 9.12. The quantitative estimate of drug-likeness (QED) is 0.640. The number of fused-ring (bicyclic) bond motifs is 2. The van der Waals surface area contributed by atoms with E-state index in [-0.39, 0.29) is 48.6 Å². The van der Waals surface area contributed by atoms with Crippen molar-refractivity contribution in [3.8, 4) is 0 Å². The summed E-state index contributed by atoms with van der Waals surface area (Å²) in [5.74, 6) is -1.40. The van der Waals surface area contributed by atoms with Crippen molar-refractivity contribution in [2.75, 3.05) is 0 Å². The summed E-state index contributed by atoms with van der Waals surface area (Å²) in [6.07, 6.45) is 1.29. The van der Waals surface area contributed by atoms with Crippen LogP contribution in [0.1, 0.15) is 60.3 Å². The minimum absolute atomic E-state index is 0.150. The van der Waals surface area contributed by atoms with E-state index in [2.05, 4.69) is 9.98 Å². The van der Waals surface area contributed by atoms with Gasteiger partial charge < -0.3 is 5.73 Å². The number of Topliss-reactive ketones (excluding diaryl/α,β-unsaturated/α-hetero) is 1. The zero-order chi connectivity index (χ0) is 24.4. The molecule has 0 radical (unpaired) electrons. The van der Waals surface area contributed by atoms with Gasteiger partial charge in [0.15, 0.2) is 5.78 Å². The third-order valence-electron chi connectivity index (χ3n) is 7.01. The molecule has 1 fully saturated rings. The molecule has 3 atom stereocenters. The van der Waals surface area contributed by atoms with Crippen LogP contribution in [-0.2, 0) is 21.8 Å². The topological polar surface area (TPSA) is 102 Å². The standard InChI is InChI=1S/C23H24ClF2N3O3S/c1-13-9-15(24)12-28-19(13)18(30)11-14-5-6-17(25)16(10-14)22(3)23(26)8-4-7-21(2,20(27)29-22)33(23,31)32/h5-6,9-10,12H,4,7-8,11H2,1-3H3,(H2,27,29)/t21-,22+,23+/m0/s1. The van der Waals surface area contributed by atoms with Crippen LogP contribution in [0.3, 0.4) is 0 Å². The first kappa shape index (κ1) is 23.8. The minimum atomic E-state index is -4.45. The summed E-state index contributed by atoms with van der Waals surface area (Å²) in [7, 11) is -4.45. The van der Waals surface area contributed by atoms with Gasteiger partial charge in [-0.3, -0.25) is 14.8 Å². The molecular formula is C23H24ClF2N3O3S. The maximum absolute atomic E-state index is 16.5. The average Bonchev–Trinajstić information content (AvgIpc) is 2.72. The molecule has 4 rings (SSSR count). The number of carbonyl (C=O) groups excluding carboxylic acids is 1. The summed E-state index contributed by atoms with van der Waals surface area (Å²) >= 11 is 5.90. The minimum Gasteiger partial charge on any atom is -0.386 e. The number of alkyl halides is 1. The van der Waals surface area contributed by atoms with Gasteiger partial charge in [-0.15, -0.1) is 0 Å². The van der Waals surface area contributed by atoms with Crippen molar-refractivity contribution in [3.63, 3.8) is 0 Å². The van der Waals surface area contributed by atoms with E-state index in [0.29, 0.717) is 16.1 Å². The maximum atomic E-state index is 16.5. The predicted molar refractivity (Wildman–Crippen MR) is 122 cm³/mol. The van der Waals surface area contributed by atoms with Crippen LogP contribution in [0.15, 0.2) is 35.5 Å². The zero-order valence-corrected chi connectivity index (χ0v) is 20.0. The van der Waals surface area contributed by atoms with Crippen molar-refractivity contribution >= 4 is 33.1 Å². The Morgan fingerprint density at radius 2 is 1.94 bits per heavy atom. The highest BCUT2D eigenvalue weighted by molar-refractivity contribution is 7.95. The number of nitrogens with zero attached hydrogens (tertiary/aromatic N) is 2. The highest BCUT2D eigenvalue weighted by atomic mass is 35.5. The number of hydrogen-bond acceptors (Lipinski definition) is 6. The number of benzene rings is 1. The molecule has 3 heterocycles. The fourth-order valence-corrected chi connectivity index (χ4v) is 7.66. The second kappa shape index (κ2) is 7.56. The lowest BCUT2D eigenvalue weighted by atomic mass is 9.80. The molecule has 1 saturated heterocycles. The molecule has 176 valence electrons. The van der Waals surface area contributed by atoms with Gasteiger partial charge in [0.1, 0.15) is 27.6 Å². The highest BCUT2D eigenvalue weighted by Crippen LogP contribution is 2.57. The van der Waals surface area contributed by atoms with E-state index in [9.17, 15) is 13.2 Å². The molecule has 2 bridgehead atoms. The summed E-state index contributed by atoms with van der Waals surface area (Å²) in [4.78, 5) is 21.1. The molecule has 10 heteroatoms. The lowest BCUT2D eigenvalue weighted by Crippen LogP contribution is -2.68. The van der Waals surface area contributed by atoms with Crippen molar-refractivity contribution < 1.29 is 22.0 Å². The van der Waals surface area contributed by atoms with Crippen LogP contribution in [0, 0.1) is 12.7 Å². The molecule has 33 heavy (non-hydrogen) atoms. The Kier molecular flexibility index (Phi) is 5.44. The number of amidine groups is 1. The molecule has 1 aromatic heterocycles. The van der Waals surface area contributed by atoms with Crippen LogP contribution < -0.4 is 5.73 Å². The fourth-order valence-electron chi connectivity index (χ4n) is 4.91. The smallest absolute Gasteiger partial charge is 0.240 e. The van der Waals surface area contributed by atoms with E-state index in [4.69, 9.17) is 17.3 Å². The Hall–Kier alpha value is -2.39. The first-order valence-corrected chi connectivity index (χ1v) is 12.4. The molecule has 1 aromatic carbocycles. The normalized spacial score (nSPS) is 30.5. The van der Waals surface area contributed by atoms with E-state index >= 15 is 8.78 Å². The number of hydrogen-bond donors (Lipinski definition) is 1. The molecule has 0 saturated carbocycles. The van der Waals surface area contributed by atoms with E-state index in [0.717, 1.165) is 6.07 Å². The first-order valence-electron chi connectivity index (χ1n) is 10.5. The number of carbonyl (C=O) groups is 1. The largest absolute Gasteiger partial charge is 0.386 e. The Labute approximate surface area is 196 Å². The average molecular weight is 496 g/mol. The summed E-state index contributed by atoms with van der Waals surface area (Å²) in [5, 5.41) is -2.45. The van der Waals surface area contributed by atoms with Gasteiger partial charge >= 0.3 is 0 Å². The summed E-state index contributed by atoms with van der Waals surface area (Å²) in [6.45, 7) is 4.30. The van der Waals surface area contributed by atoms with E-state index in [1.807, 2.05) is 0 Å². The van der Waals surface area contributed by atoms with Crippen LogP contribution in [0.4, 0.5) is 8.78 Å². The Bertz CT molecular complexity index is 1320. The number of ketones is 1. The third kappa shape index (κ3) is 3.23. The lowest BCUT2D eigenvalue weighted by molar-refractivity contribution is 0.0987. The molecule has 0 unspecified atom stereocenters. The monoisotopic (exact) mass is 495 g/mol. The van der Waals surface area contributed by atoms with Crippen molar-refractivity contribution in [2.24, 2.45) is 10.7 Å². The Morgan fingerprint density at radius 3 is 2.61 bits per heavy atom. The van der Waals surface area contributed by atoms with Crippen LogP contribution in [-0.4, -0.2) is 34.8 Å². The van der Waals surface area contributed by atoms with Gasteiger partial charge in [0.05, 0.1) is 5.02 Å². The number of aryl methyl sites for hydroxylation is 1. The first-order chi connectivity index (χ1) is 15.3. The highest BCUT2D eigenvalue weighted by Gasteiger charge is 2.71. The van der Waals surface area contributed by atoms with Gasteiger partial charge in [0, 0.05) is 18.2 Å². The van der Waals surface area contributed by atoms with Crippen molar-refractivity contribution in [1.82, 2.24) is 4.98 Å². The second-order valence-corrected chi connectivity index (χ2v) is 12.1. The molecule has 0 amide bonds. The maximum Gasteiger partial charge on any atom is 0.240 e. The molecule has 0 spiro atoms. The van der Waals surface area contributed by atoms with Crippen LogP contribution in [0.25, 0.3) is 0 Å². The predicted octanol–water partition coefficient (Wildman–Crippen LogP) is 4.22. The SMILES string of the molecule is Cc1cc(Cl)cnc1C(=O)Cc1ccc(F)c([C@@]2(C)N=C(N)[C@]3(C)CCC[C@@]2(F)S3(=O)=O)c1. The molecule has 6 nitrogen and oxygen atoms in total. The Balaban J connectivity index is 1.81. The number of aromatic nitrogens is 1. The van der Waals surface area contributed by atoms with Gasteiger partial charge in [-0.1, -0.05) is 17.7 Å². The van der Waals surface area contributed by atoms with E-state index in [1.165, 1.54) is 32.2 Å². The lowest BCUT2D eigenvalue weighted by Gasteiger charge is -2.52. The fraction of sp³-hybridized carbons (Fsp3) is 0.435. The number of pyridine rings is 1. The van der Waals surface area contributed by atoms with Crippen LogP contribution in [0.2, 0.25) is 5.02 Å². The summed E-state index contributed by atoms with van der Waals surface area (Å²) in [5.41, 5.74) is 4.85. The number of aliphatic imine (C=N–C) groups is 1. The van der Waals surface area contributed by atoms with Gasteiger partial charge in [-0.25, -0.2) is 17.2 Å². The van der Waals surface area contributed by atoms with E-state index in [1.54, 1.807) is 13.0 Å². The van der Waals surface area contributed by atoms with Crippen LogP contribution >= 0.6 is 11.6 Å². The molecule has 2 aliphatic rings. The van der Waals surface area contributed by atoms with Crippen molar-refractivity contribution in [3.05, 3.63) is 63.7 Å². The molecule has 2 aliphatic heterocycles. The number of halogens is 3. The molecule has 2 N–H and O–H groups in total. The number of rotatable bonds is 4. The van der Waals surface area contributed by atoms with Gasteiger partial charge in [0.25, 0.3) is 0 Å². The van der Waals surface area contributed by atoms with Crippen molar-refractivity contribution in [1.29, 1.82) is 0 Å². The van der Waals surface area contributed by atoms with Gasteiger partial charge in [-0.05, 0) is 69.4 Å². The summed E-state index contributed by atoms with van der Waals surface area (Å²) < 4.78 is 56.5. The zero-order valence-electron chi connectivity index (χ0n) is 18.5. The number of nitrogens with two attached hydrogens (primary N) is 1. The molecule has 2 aromatic rings.